The molecule has 5 saturated carbocycles. The zero-order chi connectivity index (χ0) is 35.7. The van der Waals surface area contributed by atoms with E-state index in [4.69, 9.17) is 18.9 Å². The number of morpholine rings is 1. The minimum atomic E-state index is -1.25. The van der Waals surface area contributed by atoms with E-state index in [1.807, 2.05) is 0 Å². The highest BCUT2D eigenvalue weighted by atomic mass is 16.7. The molecule has 2 heterocycles. The van der Waals surface area contributed by atoms with Crippen LogP contribution in [-0.2, 0) is 23.7 Å². The maximum absolute atomic E-state index is 12.6. The Morgan fingerprint density at radius 2 is 1.67 bits per heavy atom. The quantitative estimate of drug-likeness (QED) is 0.302. The first-order valence-corrected chi connectivity index (χ1v) is 19.8. The highest BCUT2D eigenvalue weighted by Gasteiger charge is 2.84. The first-order chi connectivity index (χ1) is 22.6. The van der Waals surface area contributed by atoms with Crippen molar-refractivity contribution in [2.24, 2.45) is 56.2 Å². The van der Waals surface area contributed by atoms with Crippen molar-refractivity contribution in [3.63, 3.8) is 0 Å². The van der Waals surface area contributed by atoms with Crippen molar-refractivity contribution in [3.8, 4) is 0 Å². The summed E-state index contributed by atoms with van der Waals surface area (Å²) >= 11 is 0. The summed E-state index contributed by atoms with van der Waals surface area (Å²) in [5, 5.41) is 23.6. The molecule has 49 heavy (non-hydrogen) atoms. The average Bonchev–Trinajstić information content (AvgIpc) is 3.61. The highest BCUT2D eigenvalue weighted by Crippen LogP contribution is 2.89. The van der Waals surface area contributed by atoms with Crippen molar-refractivity contribution >= 4 is 5.97 Å². The molecule has 0 aromatic rings. The van der Waals surface area contributed by atoms with E-state index >= 15 is 0 Å². The van der Waals surface area contributed by atoms with Gasteiger partial charge in [-0.25, -0.2) is 0 Å². The second-order valence-electron chi connectivity index (χ2n) is 21.0. The lowest BCUT2D eigenvalue weighted by molar-refractivity contribution is -0.249. The van der Waals surface area contributed by atoms with Crippen molar-refractivity contribution < 1.29 is 34.0 Å². The van der Waals surface area contributed by atoms with Crippen LogP contribution in [0.4, 0.5) is 0 Å². The smallest absolute Gasteiger partial charge is 0.303 e. The number of esters is 1. The van der Waals surface area contributed by atoms with E-state index in [1.54, 1.807) is 13.8 Å². The molecule has 2 saturated heterocycles. The van der Waals surface area contributed by atoms with Crippen molar-refractivity contribution in [2.75, 3.05) is 26.2 Å². The van der Waals surface area contributed by atoms with Gasteiger partial charge in [0.15, 0.2) is 12.4 Å². The van der Waals surface area contributed by atoms with Gasteiger partial charge in [0.2, 0.25) is 0 Å². The predicted octanol–water partition coefficient (Wildman–Crippen LogP) is 6.59. The van der Waals surface area contributed by atoms with E-state index in [2.05, 4.69) is 60.3 Å². The Bertz CT molecular complexity index is 1290. The summed E-state index contributed by atoms with van der Waals surface area (Å²) in [6.07, 6.45) is 6.81. The number of aliphatic hydroxyl groups is 2. The fourth-order valence-corrected chi connectivity index (χ4v) is 14.4. The minimum absolute atomic E-state index is 0.0489. The number of ether oxygens (including phenoxy) is 4. The third-order valence-electron chi connectivity index (χ3n) is 16.2. The van der Waals surface area contributed by atoms with Gasteiger partial charge in [0, 0.05) is 32.0 Å². The molecule has 0 aromatic carbocycles. The molecule has 7 fully saturated rings. The van der Waals surface area contributed by atoms with Crippen LogP contribution in [0.1, 0.15) is 128 Å². The third kappa shape index (κ3) is 5.36. The molecule has 2 N–H and O–H groups in total. The van der Waals surface area contributed by atoms with Gasteiger partial charge < -0.3 is 29.2 Å². The number of carbonyl (C=O) groups excluding carboxylic acids is 1. The van der Waals surface area contributed by atoms with Gasteiger partial charge in [-0.1, -0.05) is 55.4 Å². The van der Waals surface area contributed by atoms with Gasteiger partial charge in [-0.2, -0.15) is 0 Å². The van der Waals surface area contributed by atoms with Crippen LogP contribution in [-0.4, -0.2) is 89.7 Å². The monoisotopic (exact) mass is 688 g/mol. The van der Waals surface area contributed by atoms with Crippen LogP contribution < -0.4 is 0 Å². The molecule has 2 aliphatic heterocycles. The van der Waals surface area contributed by atoms with Crippen LogP contribution in [0.15, 0.2) is 0 Å². The number of aliphatic hydroxyl groups excluding tert-OH is 1. The van der Waals surface area contributed by atoms with Gasteiger partial charge >= 0.3 is 5.97 Å². The summed E-state index contributed by atoms with van der Waals surface area (Å²) in [6.45, 7) is 27.5. The molecule has 0 aromatic heterocycles. The molecular formula is C41H69NO7. The molecule has 7 aliphatic rings. The van der Waals surface area contributed by atoms with E-state index in [1.165, 1.54) is 32.6 Å². The molecule has 2 spiro atoms. The van der Waals surface area contributed by atoms with Gasteiger partial charge in [0.1, 0.15) is 0 Å². The third-order valence-corrected chi connectivity index (χ3v) is 16.2. The van der Waals surface area contributed by atoms with Crippen LogP contribution in [0.2, 0.25) is 0 Å². The summed E-state index contributed by atoms with van der Waals surface area (Å²) < 4.78 is 25.8. The van der Waals surface area contributed by atoms with Crippen molar-refractivity contribution in [1.82, 2.24) is 4.90 Å². The van der Waals surface area contributed by atoms with Gasteiger partial charge in [-0.3, -0.25) is 9.69 Å². The molecule has 7 rings (SSSR count). The second-order valence-corrected chi connectivity index (χ2v) is 21.0. The van der Waals surface area contributed by atoms with E-state index in [0.29, 0.717) is 23.7 Å². The second kappa shape index (κ2) is 11.6. The molecule has 0 bridgehead atoms. The first-order valence-electron chi connectivity index (χ1n) is 19.8. The maximum Gasteiger partial charge on any atom is 0.303 e. The van der Waals surface area contributed by atoms with Crippen molar-refractivity contribution in [1.29, 1.82) is 0 Å². The van der Waals surface area contributed by atoms with Crippen LogP contribution in [0.5, 0.6) is 0 Å². The summed E-state index contributed by atoms with van der Waals surface area (Å²) in [6, 6.07) is 0. The number of hydrogen-bond acceptors (Lipinski definition) is 8. The normalized spacial score (nSPS) is 49.9. The Hall–Kier alpha value is -0.770. The van der Waals surface area contributed by atoms with Crippen LogP contribution >= 0.6 is 0 Å². The Morgan fingerprint density at radius 1 is 1.00 bits per heavy atom. The highest BCUT2D eigenvalue weighted by molar-refractivity contribution is 5.66. The summed E-state index contributed by atoms with van der Waals surface area (Å²) in [5.41, 5.74) is -0.676. The maximum atomic E-state index is 12.6. The van der Waals surface area contributed by atoms with Gasteiger partial charge in [-0.05, 0) is 116 Å². The Balaban J connectivity index is 1.11. The Kier molecular flexibility index (Phi) is 8.67. The minimum Gasteiger partial charge on any atom is -0.457 e. The predicted molar refractivity (Wildman–Crippen MR) is 188 cm³/mol. The summed E-state index contributed by atoms with van der Waals surface area (Å²) in [4.78, 5) is 14.6. The molecule has 0 radical (unpaired) electrons. The molecule has 8 nitrogen and oxygen atoms in total. The van der Waals surface area contributed by atoms with Crippen LogP contribution in [0, 0.1) is 56.2 Å². The number of hydrogen-bond donors (Lipinski definition) is 2. The number of carbonyl (C=O) groups is 1. The molecular weight excluding hydrogens is 618 g/mol. The number of nitrogens with zero attached hydrogens (tertiary/aromatic N) is 1. The van der Waals surface area contributed by atoms with Crippen molar-refractivity contribution in [3.05, 3.63) is 0 Å². The fourth-order valence-electron chi connectivity index (χ4n) is 14.4. The first kappa shape index (κ1) is 36.6. The summed E-state index contributed by atoms with van der Waals surface area (Å²) in [7, 11) is 0. The van der Waals surface area contributed by atoms with E-state index in [-0.39, 0.29) is 57.4 Å². The standard InChI is InChI=1S/C41H69NO7/c1-24-20-26(34(37(8,9)45)47-25(2)43)48-32-31(24)38(10)16-17-41-22-40(41)15-14-29(49-30-21-42(18-19-46-30)23-35(3,4)5)36(6,7)27(40)12-13-28(41)39(38,11)33(32)44/h24,26-34,44-45H,12-23H2,1-11H3/t24-,26?,27+,28?,29?,30+,31+,32?,33+,34+,38-,39-,40-,41+/m1/s1. The summed E-state index contributed by atoms with van der Waals surface area (Å²) in [5.74, 6) is 1.14. The van der Waals surface area contributed by atoms with Crippen LogP contribution in [0.25, 0.3) is 0 Å². The number of fused-ring (bicyclic) bond motifs is 4. The molecule has 280 valence electrons. The van der Waals surface area contributed by atoms with E-state index in [0.717, 1.165) is 45.5 Å². The van der Waals surface area contributed by atoms with E-state index in [9.17, 15) is 15.0 Å². The van der Waals surface area contributed by atoms with Gasteiger partial charge in [0.25, 0.3) is 0 Å². The molecule has 4 unspecified atom stereocenters. The Labute approximate surface area is 296 Å². The molecule has 0 amide bonds. The Morgan fingerprint density at radius 3 is 2.33 bits per heavy atom. The zero-order valence-corrected chi connectivity index (χ0v) is 32.6. The average molecular weight is 688 g/mol. The van der Waals surface area contributed by atoms with Crippen LogP contribution in [0.3, 0.4) is 0 Å². The van der Waals surface area contributed by atoms with Crippen molar-refractivity contribution in [2.45, 2.75) is 170 Å². The lowest BCUT2D eigenvalue weighted by atomic mass is 9.41. The van der Waals surface area contributed by atoms with E-state index < -0.39 is 29.9 Å². The topological polar surface area (TPSA) is 97.7 Å². The lowest BCUT2D eigenvalue weighted by Gasteiger charge is -2.64. The SMILES string of the molecule is CC(=O)O[C@@H](C1C[C@@H](C)[C@H]2C(O1)[C@H](O)[C@@]1(C)C3CC[C@H]4C(C)(C)C(O[C@H]5CN(CC(C)(C)C)CCO5)CC[C@@]45C[C@@]35CC[C@]21C)C(C)(C)O. The number of rotatable bonds is 6. The molecule has 14 atom stereocenters. The lowest BCUT2D eigenvalue weighted by Crippen LogP contribution is -2.60. The largest absolute Gasteiger partial charge is 0.457 e. The van der Waals surface area contributed by atoms with Gasteiger partial charge in [-0.15, -0.1) is 0 Å². The zero-order valence-electron chi connectivity index (χ0n) is 32.6. The fraction of sp³-hybridized carbons (Fsp3) is 0.976. The molecule has 8 heteroatoms. The van der Waals surface area contributed by atoms with Gasteiger partial charge in [0.05, 0.1) is 36.6 Å². The molecule has 5 aliphatic carbocycles.